The molecule has 0 bridgehead atoms. The van der Waals surface area contributed by atoms with Crippen LogP contribution >= 0.6 is 11.3 Å². The third-order valence-corrected chi connectivity index (χ3v) is 17.2. The van der Waals surface area contributed by atoms with Gasteiger partial charge in [-0.2, -0.15) is 0 Å². The van der Waals surface area contributed by atoms with E-state index in [1.54, 1.807) is 11.3 Å². The second-order valence-corrected chi connectivity index (χ2v) is 22.1. The number of nitrogens with zero attached hydrogens (tertiary/aromatic N) is 7. The zero-order valence-corrected chi connectivity index (χ0v) is 45.7. The van der Waals surface area contributed by atoms with Crippen LogP contribution in [0.4, 0.5) is 0 Å². The Kier molecular flexibility index (Phi) is 11.3. The number of rotatable bonds is 9. The smallest absolute Gasteiger partial charge is 0.164 e. The Morgan fingerprint density at radius 2 is 0.855 bits per heavy atom. The van der Waals surface area contributed by atoms with Crippen molar-refractivity contribution in [3.05, 3.63) is 278 Å². The highest BCUT2D eigenvalue weighted by molar-refractivity contribution is 7.25. The van der Waals surface area contributed by atoms with E-state index in [2.05, 4.69) is 212 Å². The highest BCUT2D eigenvalue weighted by Crippen LogP contribution is 2.50. The number of thiophene rings is 1. The molecule has 9 heteroatoms. The van der Waals surface area contributed by atoms with Crippen molar-refractivity contribution in [2.24, 2.45) is 0 Å². The zero-order chi connectivity index (χ0) is 55.0. The van der Waals surface area contributed by atoms with Crippen molar-refractivity contribution < 1.29 is 4.74 Å². The number of benzene rings is 11. The zero-order valence-electron chi connectivity index (χ0n) is 44.9. The molecule has 1 unspecified atom stereocenters. The second kappa shape index (κ2) is 19.5. The lowest BCUT2D eigenvalue weighted by molar-refractivity contribution is 0.129. The Morgan fingerprint density at radius 1 is 0.337 bits per heavy atom. The van der Waals surface area contributed by atoms with Gasteiger partial charge in [-0.1, -0.05) is 218 Å². The van der Waals surface area contributed by atoms with Gasteiger partial charge < -0.3 is 9.30 Å². The van der Waals surface area contributed by atoms with E-state index in [1.165, 1.54) is 15.5 Å². The lowest BCUT2D eigenvalue weighted by Crippen LogP contribution is -2.34. The fourth-order valence-electron chi connectivity index (χ4n) is 12.1. The SMILES string of the molecule is CC1(c2ccccc2)Oc2cc(-c3ccc(-c4nc(-c5ccc6c(c5)sc5ccccc56)nc(-c5cccc6c5c5ccccc5n6-c5ccccc5)n4)cc3-c3nc(-c4ccccc4)nc(-c4ccccc4)n3)ccc2-c2ccccc21. The summed E-state index contributed by atoms with van der Waals surface area (Å²) < 4.78 is 12.0. The van der Waals surface area contributed by atoms with E-state index < -0.39 is 5.60 Å². The molecule has 0 spiro atoms. The lowest BCUT2D eigenvalue weighted by Gasteiger charge is -2.38. The molecule has 8 nitrogen and oxygen atoms in total. The number of aromatic nitrogens is 7. The van der Waals surface area contributed by atoms with E-state index in [1.807, 2.05) is 66.7 Å². The van der Waals surface area contributed by atoms with Gasteiger partial charge in [-0.05, 0) is 77.7 Å². The van der Waals surface area contributed by atoms with Crippen molar-refractivity contribution in [1.29, 1.82) is 0 Å². The topological polar surface area (TPSA) is 91.5 Å². The van der Waals surface area contributed by atoms with Crippen LogP contribution in [0.3, 0.4) is 0 Å². The molecule has 4 aromatic heterocycles. The number of para-hydroxylation sites is 2. The fraction of sp³-hybridized carbons (Fsp3) is 0.0270. The van der Waals surface area contributed by atoms with Crippen molar-refractivity contribution in [1.82, 2.24) is 34.5 Å². The van der Waals surface area contributed by atoms with E-state index in [4.69, 9.17) is 34.6 Å². The normalized spacial score (nSPS) is 13.7. The van der Waals surface area contributed by atoms with Gasteiger partial charge in [0.2, 0.25) is 0 Å². The molecule has 1 atom stereocenters. The molecule has 16 rings (SSSR count). The number of fused-ring (bicyclic) bond motifs is 9. The first-order valence-corrected chi connectivity index (χ1v) is 28.6. The second-order valence-electron chi connectivity index (χ2n) is 21.1. The van der Waals surface area contributed by atoms with Gasteiger partial charge in [0.25, 0.3) is 0 Å². The molecule has 0 saturated carbocycles. The first-order chi connectivity index (χ1) is 41.0. The maximum Gasteiger partial charge on any atom is 0.164 e. The van der Waals surface area contributed by atoms with Gasteiger partial charge in [0.15, 0.2) is 40.5 Å². The molecule has 0 saturated heterocycles. The van der Waals surface area contributed by atoms with Gasteiger partial charge in [-0.15, -0.1) is 11.3 Å². The highest BCUT2D eigenvalue weighted by atomic mass is 32.1. The summed E-state index contributed by atoms with van der Waals surface area (Å²) in [6.07, 6.45) is 0. The Balaban J connectivity index is 0.939. The molecule has 83 heavy (non-hydrogen) atoms. The van der Waals surface area contributed by atoms with Crippen LogP contribution in [0.25, 0.3) is 138 Å². The van der Waals surface area contributed by atoms with E-state index in [0.717, 1.165) is 105 Å². The largest absolute Gasteiger partial charge is 0.477 e. The fourth-order valence-corrected chi connectivity index (χ4v) is 13.3. The van der Waals surface area contributed by atoms with E-state index in [0.29, 0.717) is 34.9 Å². The Bertz CT molecular complexity index is 4970. The van der Waals surface area contributed by atoms with E-state index in [-0.39, 0.29) is 0 Å². The van der Waals surface area contributed by atoms with Crippen molar-refractivity contribution >= 4 is 53.3 Å². The standard InChI is InChI=1S/C74H47N7OS/c1-74(51-25-10-4-11-26-51)61-33-17-14-29-54(61)55-41-37-48(44-64(55)82-74)53-40-38-49(43-60(53)73-77-68(46-21-6-2-7-22-46)75-69(78-73)47-23-8-3-9-24-47)70-76-71(50-39-42-57-56-30-16-19-36-65(56)83-66(57)45-50)80-72(79-70)59-32-20-35-63-67(59)58-31-15-18-34-62(58)81(63)52-27-12-5-13-28-52/h2-45H,1H3. The molecule has 5 heterocycles. The van der Waals surface area contributed by atoms with Crippen LogP contribution in [-0.2, 0) is 5.60 Å². The molecule has 1 aliphatic rings. The van der Waals surface area contributed by atoms with Crippen molar-refractivity contribution in [2.45, 2.75) is 12.5 Å². The molecule has 0 radical (unpaired) electrons. The van der Waals surface area contributed by atoms with Gasteiger partial charge in [-0.3, -0.25) is 0 Å². The van der Waals surface area contributed by atoms with Gasteiger partial charge in [-0.25, -0.2) is 29.9 Å². The van der Waals surface area contributed by atoms with Crippen molar-refractivity contribution in [2.75, 3.05) is 0 Å². The van der Waals surface area contributed by atoms with Crippen LogP contribution in [0.15, 0.2) is 267 Å². The Hall–Kier alpha value is -10.7. The minimum atomic E-state index is -0.754. The Morgan fingerprint density at radius 3 is 1.59 bits per heavy atom. The lowest BCUT2D eigenvalue weighted by atomic mass is 9.80. The summed E-state index contributed by atoms with van der Waals surface area (Å²) in [6.45, 7) is 2.16. The monoisotopic (exact) mass is 1080 g/mol. The van der Waals surface area contributed by atoms with Crippen LogP contribution in [0, 0.1) is 0 Å². The average Bonchev–Trinajstić information content (AvgIpc) is 3.45. The summed E-state index contributed by atoms with van der Waals surface area (Å²) in [5, 5.41) is 4.59. The molecule has 390 valence electrons. The third-order valence-electron chi connectivity index (χ3n) is 16.1. The summed E-state index contributed by atoms with van der Waals surface area (Å²) in [5.74, 6) is 4.00. The van der Waals surface area contributed by atoms with Gasteiger partial charge in [0.1, 0.15) is 5.75 Å². The first-order valence-electron chi connectivity index (χ1n) is 27.8. The predicted octanol–water partition coefficient (Wildman–Crippen LogP) is 18.5. The first kappa shape index (κ1) is 48.2. The molecular formula is C74H47N7OS. The summed E-state index contributed by atoms with van der Waals surface area (Å²) in [4.78, 5) is 32.3. The number of ether oxygens (including phenoxy) is 1. The maximum atomic E-state index is 7.26. The minimum Gasteiger partial charge on any atom is -0.477 e. The number of hydrogen-bond donors (Lipinski definition) is 0. The van der Waals surface area contributed by atoms with Gasteiger partial charge in [0, 0.05) is 81.1 Å². The Labute approximate surface area is 482 Å². The highest BCUT2D eigenvalue weighted by Gasteiger charge is 2.38. The third kappa shape index (κ3) is 8.19. The molecule has 1 aliphatic heterocycles. The summed E-state index contributed by atoms with van der Waals surface area (Å²) in [7, 11) is 0. The van der Waals surface area contributed by atoms with Crippen LogP contribution in [0.1, 0.15) is 18.1 Å². The van der Waals surface area contributed by atoms with Crippen LogP contribution in [0.5, 0.6) is 5.75 Å². The van der Waals surface area contributed by atoms with Crippen LogP contribution in [-0.4, -0.2) is 34.5 Å². The molecule has 11 aromatic carbocycles. The van der Waals surface area contributed by atoms with E-state index in [9.17, 15) is 0 Å². The van der Waals surface area contributed by atoms with Crippen molar-refractivity contribution in [3.8, 4) is 102 Å². The van der Waals surface area contributed by atoms with Crippen molar-refractivity contribution in [3.63, 3.8) is 0 Å². The molecule has 0 N–H and O–H groups in total. The summed E-state index contributed by atoms with van der Waals surface area (Å²) >= 11 is 1.78. The molecule has 0 amide bonds. The number of hydrogen-bond acceptors (Lipinski definition) is 8. The quantitative estimate of drug-likeness (QED) is 0.142. The van der Waals surface area contributed by atoms with Crippen LogP contribution < -0.4 is 4.74 Å². The minimum absolute atomic E-state index is 0.496. The van der Waals surface area contributed by atoms with Crippen LogP contribution in [0.2, 0.25) is 0 Å². The summed E-state index contributed by atoms with van der Waals surface area (Å²) in [5.41, 5.74) is 13.7. The molecular weight excluding hydrogens is 1030 g/mol. The maximum absolute atomic E-state index is 7.26. The summed E-state index contributed by atoms with van der Waals surface area (Å²) in [6, 6.07) is 92.8. The predicted molar refractivity (Wildman–Crippen MR) is 337 cm³/mol. The van der Waals surface area contributed by atoms with Gasteiger partial charge in [0.05, 0.1) is 11.0 Å². The average molecular weight is 1080 g/mol. The van der Waals surface area contributed by atoms with Gasteiger partial charge >= 0.3 is 0 Å². The molecule has 15 aromatic rings. The molecule has 0 fully saturated rings. The van der Waals surface area contributed by atoms with E-state index >= 15 is 0 Å². The molecule has 0 aliphatic carbocycles.